The Balaban J connectivity index is 1.33. The lowest BCUT2D eigenvalue weighted by Crippen LogP contribution is -2.46. The maximum atomic E-state index is 12.0. The summed E-state index contributed by atoms with van der Waals surface area (Å²) >= 11 is 0. The number of fused-ring (bicyclic) bond motifs is 1. The number of rotatable bonds is 13. The van der Waals surface area contributed by atoms with Crippen LogP contribution in [0.4, 0.5) is 17.3 Å². The van der Waals surface area contributed by atoms with Gasteiger partial charge in [-0.3, -0.25) is 15.0 Å². The van der Waals surface area contributed by atoms with Gasteiger partial charge in [0.25, 0.3) is 0 Å². The number of aromatic nitrogens is 2. The number of nitrogens with one attached hydrogen (secondary N) is 1. The Morgan fingerprint density at radius 3 is 2.58 bits per heavy atom. The van der Waals surface area contributed by atoms with Gasteiger partial charge in [-0.25, -0.2) is 9.97 Å². The Bertz CT molecular complexity index is 1010. The molecule has 1 N–H and O–H groups in total. The fraction of sp³-hybridized carbons (Fsp3) is 0.583. The van der Waals surface area contributed by atoms with E-state index < -0.39 is 4.92 Å². The predicted octanol–water partition coefficient (Wildman–Crippen LogP) is 3.03. The van der Waals surface area contributed by atoms with Crippen LogP contribution >= 0.6 is 0 Å². The van der Waals surface area contributed by atoms with Crippen molar-refractivity contribution in [3.63, 3.8) is 0 Å². The van der Waals surface area contributed by atoms with E-state index in [1.807, 2.05) is 36.9 Å². The third-order valence-corrected chi connectivity index (χ3v) is 6.11. The average Bonchev–Trinajstić information content (AvgIpc) is 3.35. The van der Waals surface area contributed by atoms with Crippen LogP contribution < -0.4 is 19.7 Å². The molecule has 0 amide bonds. The summed E-state index contributed by atoms with van der Waals surface area (Å²) in [5, 5.41) is 15.1. The molecule has 1 aromatic heterocycles. The predicted molar refractivity (Wildman–Crippen MR) is 134 cm³/mol. The fourth-order valence-electron chi connectivity index (χ4n) is 4.38. The van der Waals surface area contributed by atoms with E-state index in [2.05, 4.69) is 20.2 Å². The molecule has 36 heavy (non-hydrogen) atoms. The zero-order valence-electron chi connectivity index (χ0n) is 20.9. The molecule has 0 bridgehead atoms. The molecule has 1 saturated heterocycles. The van der Waals surface area contributed by atoms with Crippen LogP contribution in [0.3, 0.4) is 0 Å². The molecule has 12 heteroatoms. The highest BCUT2D eigenvalue weighted by molar-refractivity contribution is 5.70. The van der Waals surface area contributed by atoms with Crippen LogP contribution in [0.15, 0.2) is 24.5 Å². The normalized spacial score (nSPS) is 15.5. The van der Waals surface area contributed by atoms with Crippen LogP contribution in [-0.4, -0.2) is 78.8 Å². The summed E-state index contributed by atoms with van der Waals surface area (Å²) in [6.07, 6.45) is 2.52. The molecule has 1 fully saturated rings. The molecule has 2 aliphatic heterocycles. The van der Waals surface area contributed by atoms with Crippen molar-refractivity contribution in [2.45, 2.75) is 39.5 Å². The Kier molecular flexibility index (Phi) is 9.09. The molecule has 1 aromatic carbocycles. The highest BCUT2D eigenvalue weighted by atomic mass is 16.7. The second-order valence-electron chi connectivity index (χ2n) is 8.51. The number of nitro groups is 1. The maximum absolute atomic E-state index is 12.0. The molecule has 3 heterocycles. The number of ether oxygens (including phenoxy) is 4. The Labute approximate surface area is 210 Å². The second-order valence-corrected chi connectivity index (χ2v) is 8.51. The van der Waals surface area contributed by atoms with E-state index in [0.29, 0.717) is 45.1 Å². The van der Waals surface area contributed by atoms with E-state index in [1.54, 1.807) is 0 Å². The van der Waals surface area contributed by atoms with E-state index in [-0.39, 0.29) is 24.6 Å². The lowest BCUT2D eigenvalue weighted by molar-refractivity contribution is -0.383. The zero-order valence-corrected chi connectivity index (χ0v) is 20.9. The van der Waals surface area contributed by atoms with Crippen molar-refractivity contribution in [1.29, 1.82) is 0 Å². The fourth-order valence-corrected chi connectivity index (χ4v) is 4.38. The van der Waals surface area contributed by atoms with E-state index in [9.17, 15) is 10.1 Å². The molecular formula is C24H34N6O6. The van der Waals surface area contributed by atoms with Gasteiger partial charge in [-0.15, -0.1) is 0 Å². The van der Waals surface area contributed by atoms with Gasteiger partial charge in [0.2, 0.25) is 18.4 Å². The van der Waals surface area contributed by atoms with Crippen LogP contribution in [0, 0.1) is 10.1 Å². The molecular weight excluding hydrogens is 468 g/mol. The van der Waals surface area contributed by atoms with Gasteiger partial charge in [0.15, 0.2) is 17.8 Å². The molecule has 0 aliphatic carbocycles. The Morgan fingerprint density at radius 1 is 1.11 bits per heavy atom. The number of hydrogen-bond acceptors (Lipinski definition) is 11. The van der Waals surface area contributed by atoms with Gasteiger partial charge < -0.3 is 29.2 Å². The van der Waals surface area contributed by atoms with Gasteiger partial charge in [0.05, 0.1) is 4.92 Å². The topological polar surface area (TPSA) is 124 Å². The molecule has 0 radical (unpaired) electrons. The van der Waals surface area contributed by atoms with Gasteiger partial charge in [-0.05, 0) is 38.0 Å². The smallest absolute Gasteiger partial charge is 0.353 e. The van der Waals surface area contributed by atoms with Crippen LogP contribution in [0.2, 0.25) is 0 Å². The summed E-state index contributed by atoms with van der Waals surface area (Å²) in [4.78, 5) is 24.3. The van der Waals surface area contributed by atoms with E-state index in [4.69, 9.17) is 18.9 Å². The monoisotopic (exact) mass is 502 g/mol. The minimum Gasteiger partial charge on any atom is -0.454 e. The van der Waals surface area contributed by atoms with Gasteiger partial charge >= 0.3 is 5.69 Å². The molecule has 2 aliphatic rings. The maximum Gasteiger partial charge on any atom is 0.353 e. The molecule has 0 atom stereocenters. The summed E-state index contributed by atoms with van der Waals surface area (Å²) < 4.78 is 22.0. The third kappa shape index (κ3) is 6.50. The summed E-state index contributed by atoms with van der Waals surface area (Å²) in [6, 6.07) is 5.98. The van der Waals surface area contributed by atoms with Crippen molar-refractivity contribution >= 4 is 17.3 Å². The van der Waals surface area contributed by atoms with Crippen molar-refractivity contribution in [1.82, 2.24) is 14.9 Å². The van der Waals surface area contributed by atoms with Crippen LogP contribution in [-0.2, 0) is 16.0 Å². The first kappa shape index (κ1) is 25.9. The lowest BCUT2D eigenvalue weighted by atomic mass is 10.1. The molecule has 4 rings (SSSR count). The van der Waals surface area contributed by atoms with E-state index in [1.165, 1.54) is 6.33 Å². The third-order valence-electron chi connectivity index (χ3n) is 6.11. The number of nitrogens with zero attached hydrogens (tertiary/aromatic N) is 5. The molecule has 0 spiro atoms. The van der Waals surface area contributed by atoms with Crippen LogP contribution in [0.1, 0.15) is 32.3 Å². The first-order valence-electron chi connectivity index (χ1n) is 12.4. The number of hydrogen-bond donors (Lipinski definition) is 1. The first-order chi connectivity index (χ1) is 17.6. The van der Waals surface area contributed by atoms with Crippen LogP contribution in [0.5, 0.6) is 11.5 Å². The molecule has 12 nitrogen and oxygen atoms in total. The summed E-state index contributed by atoms with van der Waals surface area (Å²) in [7, 11) is 0. The van der Waals surface area contributed by atoms with Crippen molar-refractivity contribution < 1.29 is 23.9 Å². The number of benzene rings is 1. The minimum absolute atomic E-state index is 0.0899. The van der Waals surface area contributed by atoms with E-state index >= 15 is 0 Å². The van der Waals surface area contributed by atoms with Crippen molar-refractivity contribution in [3.05, 3.63) is 40.2 Å². The largest absolute Gasteiger partial charge is 0.454 e. The Hall–Kier alpha value is -3.22. The lowest BCUT2D eigenvalue weighted by Gasteiger charge is -2.35. The van der Waals surface area contributed by atoms with Crippen LogP contribution in [0.25, 0.3) is 0 Å². The SMILES string of the molecule is CCOC(CCCNc1ncnc(N2CCN(Cc3ccc4c(c3)OCO4)CC2)c1[N+](=O)[O-])OCC. The highest BCUT2D eigenvalue weighted by Gasteiger charge is 2.29. The van der Waals surface area contributed by atoms with Gasteiger partial charge in [0.1, 0.15) is 6.33 Å². The number of anilines is 2. The van der Waals surface area contributed by atoms with Gasteiger partial charge in [-0.1, -0.05) is 6.07 Å². The van der Waals surface area contributed by atoms with Gasteiger partial charge in [0, 0.05) is 58.9 Å². The molecule has 0 saturated carbocycles. The summed E-state index contributed by atoms with van der Waals surface area (Å²) in [6.45, 7) is 9.31. The first-order valence-corrected chi connectivity index (χ1v) is 12.4. The summed E-state index contributed by atoms with van der Waals surface area (Å²) in [5.41, 5.74) is 1.05. The summed E-state index contributed by atoms with van der Waals surface area (Å²) in [5.74, 6) is 2.13. The van der Waals surface area contributed by atoms with Crippen molar-refractivity contribution in [3.8, 4) is 11.5 Å². The number of piperazine rings is 1. The van der Waals surface area contributed by atoms with Crippen molar-refractivity contribution in [2.24, 2.45) is 0 Å². The minimum atomic E-state index is -0.403. The zero-order chi connectivity index (χ0) is 25.3. The standard InChI is InChI=1S/C24H34N6O6/c1-3-33-21(34-4-2)6-5-9-25-23-22(30(31)32)24(27-16-26-23)29-12-10-28(11-13-29)15-18-7-8-19-20(14-18)36-17-35-19/h7-8,14,16,21H,3-6,9-13,15,17H2,1-2H3,(H,25,26,27). The van der Waals surface area contributed by atoms with Crippen molar-refractivity contribution in [2.75, 3.05) is 62.9 Å². The highest BCUT2D eigenvalue weighted by Crippen LogP contribution is 2.34. The average molecular weight is 503 g/mol. The molecule has 0 unspecified atom stereocenters. The Morgan fingerprint density at radius 2 is 1.86 bits per heavy atom. The van der Waals surface area contributed by atoms with Gasteiger partial charge in [-0.2, -0.15) is 0 Å². The quantitative estimate of drug-likeness (QED) is 0.188. The molecule has 196 valence electrons. The second kappa shape index (κ2) is 12.7. The van der Waals surface area contributed by atoms with E-state index in [0.717, 1.165) is 43.1 Å². The molecule has 2 aromatic rings.